The predicted molar refractivity (Wildman–Crippen MR) is 115 cm³/mol. The fraction of sp³-hybridized carbons (Fsp3) is 0.435. The van der Waals surface area contributed by atoms with Gasteiger partial charge in [0.05, 0.1) is 4.90 Å². The molecule has 0 spiro atoms. The molecule has 3 rings (SSSR count). The highest BCUT2D eigenvalue weighted by molar-refractivity contribution is 7.89. The molecule has 162 valence electrons. The molecule has 7 heteroatoms. The molecule has 1 fully saturated rings. The Morgan fingerprint density at radius 3 is 2.27 bits per heavy atom. The molecule has 1 heterocycles. The second-order valence-corrected chi connectivity index (χ2v) is 9.55. The quantitative estimate of drug-likeness (QED) is 0.685. The highest BCUT2D eigenvalue weighted by atomic mass is 32.2. The first-order valence-electron chi connectivity index (χ1n) is 10.5. The Labute approximate surface area is 178 Å². The van der Waals surface area contributed by atoms with Gasteiger partial charge in [0, 0.05) is 37.7 Å². The van der Waals surface area contributed by atoms with Crippen molar-refractivity contribution in [3.63, 3.8) is 0 Å². The van der Waals surface area contributed by atoms with Gasteiger partial charge >= 0.3 is 0 Å². The third-order valence-corrected chi connectivity index (χ3v) is 7.81. The Kier molecular flexibility index (Phi) is 7.26. The number of benzene rings is 2. The number of hydrogen-bond donors (Lipinski definition) is 0. The molecule has 5 nitrogen and oxygen atoms in total. The molecule has 0 saturated carbocycles. The summed E-state index contributed by atoms with van der Waals surface area (Å²) in [5, 5.41) is 0. The lowest BCUT2D eigenvalue weighted by Gasteiger charge is -2.25. The zero-order valence-corrected chi connectivity index (χ0v) is 18.4. The minimum absolute atomic E-state index is 0.101. The van der Waals surface area contributed by atoms with Crippen molar-refractivity contribution in [1.82, 2.24) is 9.21 Å². The van der Waals surface area contributed by atoms with E-state index in [9.17, 15) is 17.6 Å². The summed E-state index contributed by atoms with van der Waals surface area (Å²) in [6, 6.07) is 12.7. The van der Waals surface area contributed by atoms with Gasteiger partial charge in [-0.2, -0.15) is 4.31 Å². The maximum atomic E-state index is 13.3. The monoisotopic (exact) mass is 432 g/mol. The van der Waals surface area contributed by atoms with Crippen LogP contribution in [0.3, 0.4) is 0 Å². The largest absolute Gasteiger partial charge is 0.338 e. The summed E-state index contributed by atoms with van der Waals surface area (Å²) in [5.41, 5.74) is 1.52. The van der Waals surface area contributed by atoms with E-state index in [0.29, 0.717) is 31.7 Å². The first kappa shape index (κ1) is 22.4. The van der Waals surface area contributed by atoms with Crippen molar-refractivity contribution in [3.8, 4) is 0 Å². The summed E-state index contributed by atoms with van der Waals surface area (Å²) in [4.78, 5) is 15.1. The second-order valence-electron chi connectivity index (χ2n) is 7.61. The fourth-order valence-corrected chi connectivity index (χ4v) is 5.46. The zero-order valence-electron chi connectivity index (χ0n) is 17.6. The van der Waals surface area contributed by atoms with Crippen LogP contribution in [0, 0.1) is 5.82 Å². The molecule has 0 bridgehead atoms. The van der Waals surface area contributed by atoms with E-state index in [1.54, 1.807) is 38.1 Å². The summed E-state index contributed by atoms with van der Waals surface area (Å²) in [6.07, 6.45) is 2.88. The van der Waals surface area contributed by atoms with Crippen LogP contribution >= 0.6 is 0 Å². The number of likely N-dealkylation sites (tertiary alicyclic amines) is 1. The minimum Gasteiger partial charge on any atom is -0.338 e. The molecule has 1 aliphatic heterocycles. The number of carbonyl (C=O) groups excluding carboxylic acids is 1. The Hall–Kier alpha value is -2.25. The lowest BCUT2D eigenvalue weighted by Crippen LogP contribution is -2.34. The van der Waals surface area contributed by atoms with Crippen LogP contribution < -0.4 is 0 Å². The molecule has 1 amide bonds. The maximum Gasteiger partial charge on any atom is 0.253 e. The summed E-state index contributed by atoms with van der Waals surface area (Å²) in [6.45, 7) is 5.64. The van der Waals surface area contributed by atoms with Crippen molar-refractivity contribution in [2.45, 2.75) is 43.9 Å². The number of carbonyl (C=O) groups is 1. The van der Waals surface area contributed by atoms with E-state index in [0.717, 1.165) is 24.8 Å². The lowest BCUT2D eigenvalue weighted by atomic mass is 9.94. The standard InChI is InChI=1S/C23H29FN2O3S/c1-3-26(4-2)30(28,29)22-14-10-19(11-15-22)23(27)25-16-6-5-7-20(17-25)18-8-12-21(24)13-9-18/h8-15,20H,3-7,16-17H2,1-2H3. The van der Waals surface area contributed by atoms with Crippen LogP contribution in [-0.4, -0.2) is 49.7 Å². The second kappa shape index (κ2) is 9.71. The molecule has 2 aromatic carbocycles. The average molecular weight is 433 g/mol. The van der Waals surface area contributed by atoms with E-state index < -0.39 is 10.0 Å². The molecular weight excluding hydrogens is 403 g/mol. The zero-order chi connectivity index (χ0) is 21.7. The van der Waals surface area contributed by atoms with E-state index in [2.05, 4.69) is 0 Å². The van der Waals surface area contributed by atoms with E-state index in [4.69, 9.17) is 0 Å². The van der Waals surface area contributed by atoms with Crippen LogP contribution in [0.5, 0.6) is 0 Å². The lowest BCUT2D eigenvalue weighted by molar-refractivity contribution is 0.0754. The first-order valence-corrected chi connectivity index (χ1v) is 12.0. The van der Waals surface area contributed by atoms with Crippen molar-refractivity contribution in [3.05, 3.63) is 65.5 Å². The van der Waals surface area contributed by atoms with Crippen molar-refractivity contribution >= 4 is 15.9 Å². The Balaban J connectivity index is 1.77. The van der Waals surface area contributed by atoms with Gasteiger partial charge in [-0.1, -0.05) is 32.4 Å². The number of halogens is 1. The Morgan fingerprint density at radius 1 is 1.03 bits per heavy atom. The minimum atomic E-state index is -3.54. The number of rotatable bonds is 6. The molecule has 0 aliphatic carbocycles. The van der Waals surface area contributed by atoms with Gasteiger partial charge in [0.2, 0.25) is 10.0 Å². The molecule has 0 radical (unpaired) electrons. The van der Waals surface area contributed by atoms with Gasteiger partial charge in [-0.05, 0) is 54.8 Å². The topological polar surface area (TPSA) is 57.7 Å². The number of hydrogen-bond acceptors (Lipinski definition) is 3. The van der Waals surface area contributed by atoms with Gasteiger partial charge < -0.3 is 4.90 Å². The Morgan fingerprint density at radius 2 is 1.67 bits per heavy atom. The van der Waals surface area contributed by atoms with E-state index in [1.165, 1.54) is 28.6 Å². The highest BCUT2D eigenvalue weighted by Crippen LogP contribution is 2.28. The van der Waals surface area contributed by atoms with E-state index >= 15 is 0 Å². The number of nitrogens with zero attached hydrogens (tertiary/aromatic N) is 2. The third kappa shape index (κ3) is 4.90. The van der Waals surface area contributed by atoms with E-state index in [1.807, 2.05) is 4.90 Å². The van der Waals surface area contributed by atoms with Gasteiger partial charge in [-0.25, -0.2) is 12.8 Å². The molecule has 0 N–H and O–H groups in total. The SMILES string of the molecule is CCN(CC)S(=O)(=O)c1ccc(C(=O)N2CCCCC(c3ccc(F)cc3)C2)cc1. The molecule has 1 aliphatic rings. The van der Waals surface area contributed by atoms with Crippen LogP contribution in [0.2, 0.25) is 0 Å². The fourth-order valence-electron chi connectivity index (χ4n) is 4.00. The smallest absolute Gasteiger partial charge is 0.253 e. The normalized spacial score (nSPS) is 17.7. The third-order valence-electron chi connectivity index (χ3n) is 5.74. The number of sulfonamides is 1. The molecule has 1 saturated heterocycles. The van der Waals surface area contributed by atoms with Gasteiger partial charge in [0.1, 0.15) is 5.82 Å². The van der Waals surface area contributed by atoms with Crippen LogP contribution in [-0.2, 0) is 10.0 Å². The molecule has 1 atom stereocenters. The van der Waals surface area contributed by atoms with E-state index in [-0.39, 0.29) is 22.5 Å². The van der Waals surface area contributed by atoms with Gasteiger partial charge in [-0.15, -0.1) is 0 Å². The molecule has 1 unspecified atom stereocenters. The summed E-state index contributed by atoms with van der Waals surface area (Å²) in [7, 11) is -3.54. The van der Waals surface area contributed by atoms with Gasteiger partial charge in [0.15, 0.2) is 0 Å². The Bertz CT molecular complexity index is 955. The molecule has 0 aromatic heterocycles. The van der Waals surface area contributed by atoms with Crippen LogP contribution in [0.4, 0.5) is 4.39 Å². The average Bonchev–Trinajstić information content (AvgIpc) is 3.01. The van der Waals surface area contributed by atoms with Gasteiger partial charge in [0.25, 0.3) is 5.91 Å². The molecule has 30 heavy (non-hydrogen) atoms. The summed E-state index contributed by atoms with van der Waals surface area (Å²) in [5.74, 6) is -0.199. The van der Waals surface area contributed by atoms with Crippen molar-refractivity contribution in [2.24, 2.45) is 0 Å². The van der Waals surface area contributed by atoms with Crippen LogP contribution in [0.15, 0.2) is 53.4 Å². The van der Waals surface area contributed by atoms with Crippen molar-refractivity contribution < 1.29 is 17.6 Å². The summed E-state index contributed by atoms with van der Waals surface area (Å²) >= 11 is 0. The van der Waals surface area contributed by atoms with Crippen molar-refractivity contribution in [1.29, 1.82) is 0 Å². The highest BCUT2D eigenvalue weighted by Gasteiger charge is 2.25. The molecular formula is C23H29FN2O3S. The number of amides is 1. The predicted octanol–water partition coefficient (Wildman–Crippen LogP) is 4.27. The van der Waals surface area contributed by atoms with Crippen LogP contribution in [0.1, 0.15) is 54.9 Å². The summed E-state index contributed by atoms with van der Waals surface area (Å²) < 4.78 is 40.0. The maximum absolute atomic E-state index is 13.3. The van der Waals surface area contributed by atoms with Crippen LogP contribution in [0.25, 0.3) is 0 Å². The van der Waals surface area contributed by atoms with Crippen molar-refractivity contribution in [2.75, 3.05) is 26.2 Å². The first-order chi connectivity index (χ1) is 14.4. The molecule has 2 aromatic rings. The van der Waals surface area contributed by atoms with Gasteiger partial charge in [-0.3, -0.25) is 4.79 Å².